The van der Waals surface area contributed by atoms with E-state index < -0.39 is 0 Å². The number of rotatable bonds is 4. The van der Waals surface area contributed by atoms with E-state index in [1.54, 1.807) is 0 Å². The number of hydrogen-bond donors (Lipinski definition) is 0. The van der Waals surface area contributed by atoms with Gasteiger partial charge in [-0.05, 0) is 87.0 Å². The summed E-state index contributed by atoms with van der Waals surface area (Å²) in [6, 6.07) is 55.1. The Bertz CT molecular complexity index is 1960. The molecular weight excluding hydrogens is 480 g/mol. The first-order valence-corrected chi connectivity index (χ1v) is 13.8. The third-order valence-corrected chi connectivity index (χ3v) is 7.85. The lowest BCUT2D eigenvalue weighted by atomic mass is 9.84. The van der Waals surface area contributed by atoms with Crippen LogP contribution >= 0.6 is 0 Å². The maximum absolute atomic E-state index is 3.45. The lowest BCUT2D eigenvalue weighted by Crippen LogP contribution is -1.92. The molecule has 0 aliphatic carbocycles. The molecule has 0 N–H and O–H groups in total. The average Bonchev–Trinajstić information content (AvgIpc) is 3.01. The molecule has 0 bridgehead atoms. The monoisotopic (exact) mass is 508 g/mol. The Morgan fingerprint density at radius 3 is 1.35 bits per heavy atom. The van der Waals surface area contributed by atoms with Gasteiger partial charge in [-0.2, -0.15) is 0 Å². The van der Waals surface area contributed by atoms with Crippen LogP contribution in [0.3, 0.4) is 0 Å². The number of aryl methyl sites for hydroxylation is 2. The van der Waals surface area contributed by atoms with Crippen molar-refractivity contribution >= 4 is 21.5 Å². The van der Waals surface area contributed by atoms with Crippen LogP contribution in [0.15, 0.2) is 133 Å². The average molecular weight is 509 g/mol. The van der Waals surface area contributed by atoms with Crippen LogP contribution in [0.4, 0.5) is 0 Å². The highest BCUT2D eigenvalue weighted by Gasteiger charge is 2.17. The summed E-state index contributed by atoms with van der Waals surface area (Å²) in [6.45, 7) is 4.29. The van der Waals surface area contributed by atoms with Gasteiger partial charge in [-0.15, -0.1) is 0 Å². The molecule has 0 fully saturated rings. The molecule has 7 rings (SSSR count). The van der Waals surface area contributed by atoms with E-state index in [1.165, 1.54) is 54.9 Å². The molecular formula is C40H28. The van der Waals surface area contributed by atoms with Gasteiger partial charge in [-0.3, -0.25) is 0 Å². The Labute approximate surface area is 236 Å². The Kier molecular flexibility index (Phi) is 5.92. The van der Waals surface area contributed by atoms with Gasteiger partial charge in [0, 0.05) is 11.1 Å². The van der Waals surface area contributed by atoms with Crippen LogP contribution in [0.1, 0.15) is 11.1 Å². The molecule has 188 valence electrons. The largest absolute Gasteiger partial charge is 0.0622 e. The SMILES string of the molecule is Cc1ccc(-c2c3ccccc3c(-c3ccc(C)cc3)c3cc(-c4c#cc(-c5ccccc5)cc4)ccc23)cc1. The van der Waals surface area contributed by atoms with Crippen molar-refractivity contribution in [1.82, 2.24) is 0 Å². The summed E-state index contributed by atoms with van der Waals surface area (Å²) < 4.78 is 0. The molecule has 0 heterocycles. The van der Waals surface area contributed by atoms with Crippen molar-refractivity contribution in [3.05, 3.63) is 157 Å². The molecule has 7 aromatic rings. The first-order chi connectivity index (χ1) is 19.7. The Balaban J connectivity index is 1.50. The van der Waals surface area contributed by atoms with Crippen molar-refractivity contribution < 1.29 is 0 Å². The molecule has 0 nitrogen and oxygen atoms in total. The van der Waals surface area contributed by atoms with Gasteiger partial charge in [0.15, 0.2) is 0 Å². The predicted molar refractivity (Wildman–Crippen MR) is 170 cm³/mol. The third kappa shape index (κ3) is 4.23. The molecule has 0 spiro atoms. The van der Waals surface area contributed by atoms with E-state index in [-0.39, 0.29) is 0 Å². The third-order valence-electron chi connectivity index (χ3n) is 7.85. The Morgan fingerprint density at radius 1 is 0.350 bits per heavy atom. The summed E-state index contributed by atoms with van der Waals surface area (Å²) in [5.41, 5.74) is 11.9. The van der Waals surface area contributed by atoms with Crippen LogP contribution in [0.25, 0.3) is 66.1 Å². The number of hydrogen-bond acceptors (Lipinski definition) is 0. The van der Waals surface area contributed by atoms with E-state index in [0.717, 1.165) is 22.3 Å². The molecule has 0 aromatic heterocycles. The number of benzene rings is 6. The maximum atomic E-state index is 3.45. The van der Waals surface area contributed by atoms with Gasteiger partial charge in [0.1, 0.15) is 0 Å². The van der Waals surface area contributed by atoms with Gasteiger partial charge in [-0.1, -0.05) is 139 Å². The second kappa shape index (κ2) is 9.88. The Morgan fingerprint density at radius 2 is 0.800 bits per heavy atom. The van der Waals surface area contributed by atoms with E-state index in [1.807, 2.05) is 6.07 Å². The highest BCUT2D eigenvalue weighted by Crippen LogP contribution is 2.44. The number of fused-ring (bicyclic) bond motifs is 2. The molecule has 0 saturated heterocycles. The van der Waals surface area contributed by atoms with Crippen molar-refractivity contribution in [2.24, 2.45) is 0 Å². The lowest BCUT2D eigenvalue weighted by molar-refractivity contribution is 1.47. The van der Waals surface area contributed by atoms with Crippen LogP contribution in [0.5, 0.6) is 0 Å². The van der Waals surface area contributed by atoms with Crippen molar-refractivity contribution in [3.63, 3.8) is 0 Å². The van der Waals surface area contributed by atoms with E-state index in [0.29, 0.717) is 0 Å². The minimum Gasteiger partial charge on any atom is -0.0622 e. The molecule has 0 amide bonds. The molecule has 0 unspecified atom stereocenters. The van der Waals surface area contributed by atoms with Gasteiger partial charge < -0.3 is 0 Å². The fourth-order valence-corrected chi connectivity index (χ4v) is 5.75. The van der Waals surface area contributed by atoms with E-state index in [2.05, 4.69) is 153 Å². The molecule has 0 atom stereocenters. The summed E-state index contributed by atoms with van der Waals surface area (Å²) in [7, 11) is 0. The lowest BCUT2D eigenvalue weighted by Gasteiger charge is -2.19. The zero-order chi connectivity index (χ0) is 27.1. The van der Waals surface area contributed by atoms with Gasteiger partial charge in [0.2, 0.25) is 0 Å². The fraction of sp³-hybridized carbons (Fsp3) is 0.0500. The second-order valence-electron chi connectivity index (χ2n) is 10.6. The topological polar surface area (TPSA) is 0 Å². The molecule has 0 saturated carbocycles. The zero-order valence-corrected chi connectivity index (χ0v) is 22.7. The van der Waals surface area contributed by atoms with Gasteiger partial charge >= 0.3 is 0 Å². The molecule has 0 radical (unpaired) electrons. The van der Waals surface area contributed by atoms with Crippen LogP contribution in [-0.4, -0.2) is 0 Å². The molecule has 0 heteroatoms. The zero-order valence-electron chi connectivity index (χ0n) is 22.7. The molecule has 7 aromatic carbocycles. The van der Waals surface area contributed by atoms with Crippen molar-refractivity contribution in [3.8, 4) is 44.5 Å². The molecule has 40 heavy (non-hydrogen) atoms. The van der Waals surface area contributed by atoms with Crippen LogP contribution in [0, 0.1) is 26.0 Å². The van der Waals surface area contributed by atoms with Gasteiger partial charge in [-0.25, -0.2) is 0 Å². The summed E-state index contributed by atoms with van der Waals surface area (Å²) in [5.74, 6) is 0. The summed E-state index contributed by atoms with van der Waals surface area (Å²) in [6.07, 6.45) is 0. The normalized spacial score (nSPS) is 11.1. The maximum Gasteiger partial charge on any atom is 0.0322 e. The van der Waals surface area contributed by atoms with Crippen LogP contribution in [0.2, 0.25) is 0 Å². The van der Waals surface area contributed by atoms with Gasteiger partial charge in [0.25, 0.3) is 0 Å². The van der Waals surface area contributed by atoms with Gasteiger partial charge in [0.05, 0.1) is 0 Å². The van der Waals surface area contributed by atoms with Crippen molar-refractivity contribution in [2.45, 2.75) is 13.8 Å². The first kappa shape index (κ1) is 24.0. The summed E-state index contributed by atoms with van der Waals surface area (Å²) in [4.78, 5) is 0. The highest BCUT2D eigenvalue weighted by atomic mass is 14.2. The fourth-order valence-electron chi connectivity index (χ4n) is 5.75. The van der Waals surface area contributed by atoms with Crippen LogP contribution in [-0.2, 0) is 0 Å². The summed E-state index contributed by atoms with van der Waals surface area (Å²) >= 11 is 0. The van der Waals surface area contributed by atoms with Crippen molar-refractivity contribution in [1.29, 1.82) is 0 Å². The summed E-state index contributed by atoms with van der Waals surface area (Å²) in [5, 5.41) is 5.04. The Hall–Kier alpha value is -5.12. The van der Waals surface area contributed by atoms with Crippen LogP contribution < -0.4 is 0 Å². The predicted octanol–water partition coefficient (Wildman–Crippen LogP) is 10.9. The minimum atomic E-state index is 1.04. The standard InChI is InChI=1S/C40H28/c1-27-12-16-32(17-13-27)39-35-10-6-7-11-36(35)40(33-18-14-28(2)15-19-33)38-26-34(24-25-37(38)39)31-22-20-30(21-23-31)29-8-4-3-5-9-29/h3-20,22,24-26H,1-2H3. The van der Waals surface area contributed by atoms with E-state index in [9.17, 15) is 0 Å². The smallest absolute Gasteiger partial charge is 0.0322 e. The molecule has 0 aliphatic rings. The van der Waals surface area contributed by atoms with Crippen molar-refractivity contribution in [2.75, 3.05) is 0 Å². The molecule has 0 aliphatic heterocycles. The highest BCUT2D eigenvalue weighted by molar-refractivity contribution is 6.21. The quantitative estimate of drug-likeness (QED) is 0.207. The van der Waals surface area contributed by atoms with E-state index >= 15 is 0 Å². The van der Waals surface area contributed by atoms with E-state index in [4.69, 9.17) is 0 Å². The first-order valence-electron chi connectivity index (χ1n) is 13.8. The second-order valence-corrected chi connectivity index (χ2v) is 10.6. The minimum absolute atomic E-state index is 1.04.